The number of nitrogens with one attached hydrogen (secondary N) is 1. The van der Waals surface area contributed by atoms with Crippen LogP contribution in [-0.4, -0.2) is 20.1 Å². The highest BCUT2D eigenvalue weighted by atomic mass is 14.8. The summed E-state index contributed by atoms with van der Waals surface area (Å²) >= 11 is 0. The highest BCUT2D eigenvalue weighted by molar-refractivity contribution is 4.41. The summed E-state index contributed by atoms with van der Waals surface area (Å²) in [6, 6.07) is 0. The van der Waals surface area contributed by atoms with Crippen molar-refractivity contribution in [3.8, 4) is 0 Å². The highest BCUT2D eigenvalue weighted by Crippen LogP contribution is 1.79. The molecule has 3 N–H and O–H groups in total. The molecule has 0 aliphatic rings. The van der Waals surface area contributed by atoms with Gasteiger partial charge in [-0.3, -0.25) is 0 Å². The van der Waals surface area contributed by atoms with Gasteiger partial charge >= 0.3 is 0 Å². The number of unbranched alkanes of at least 4 members (excludes halogenated alkanes) is 1. The molecular formula is C7H20N2. The molecule has 0 atom stereocenters. The van der Waals surface area contributed by atoms with E-state index in [1.807, 2.05) is 20.9 Å². The van der Waals surface area contributed by atoms with Gasteiger partial charge in [-0.15, -0.1) is 0 Å². The quantitative estimate of drug-likeness (QED) is 0.559. The van der Waals surface area contributed by atoms with E-state index in [2.05, 4.69) is 5.32 Å². The second-order valence-corrected chi connectivity index (χ2v) is 1.60. The minimum atomic E-state index is 0.821. The Labute approximate surface area is 58.8 Å². The van der Waals surface area contributed by atoms with Crippen molar-refractivity contribution >= 4 is 0 Å². The van der Waals surface area contributed by atoms with E-state index in [1.54, 1.807) is 0 Å². The minimum absolute atomic E-state index is 0.821. The summed E-state index contributed by atoms with van der Waals surface area (Å²) in [5.41, 5.74) is 5.24. The first-order chi connectivity index (χ1) is 4.41. The van der Waals surface area contributed by atoms with Crippen LogP contribution >= 0.6 is 0 Å². The molecule has 58 valence electrons. The van der Waals surface area contributed by atoms with E-state index in [0.29, 0.717) is 0 Å². The van der Waals surface area contributed by atoms with E-state index in [1.165, 1.54) is 6.42 Å². The zero-order valence-electron chi connectivity index (χ0n) is 6.91. The lowest BCUT2D eigenvalue weighted by Crippen LogP contribution is -2.09. The monoisotopic (exact) mass is 132 g/mol. The van der Waals surface area contributed by atoms with Crippen molar-refractivity contribution in [2.75, 3.05) is 20.1 Å². The zero-order chi connectivity index (χ0) is 7.54. The van der Waals surface area contributed by atoms with Crippen molar-refractivity contribution in [1.29, 1.82) is 0 Å². The first-order valence-electron chi connectivity index (χ1n) is 3.76. The van der Waals surface area contributed by atoms with Gasteiger partial charge in [0, 0.05) is 0 Å². The van der Waals surface area contributed by atoms with E-state index in [9.17, 15) is 0 Å². The van der Waals surface area contributed by atoms with Crippen LogP contribution in [0.1, 0.15) is 26.7 Å². The summed E-state index contributed by atoms with van der Waals surface area (Å²) in [5, 5.41) is 3.05. The van der Waals surface area contributed by atoms with Gasteiger partial charge in [0.1, 0.15) is 0 Å². The van der Waals surface area contributed by atoms with Crippen molar-refractivity contribution < 1.29 is 0 Å². The maximum Gasteiger partial charge on any atom is -0.00515 e. The molecule has 0 aromatic carbocycles. The molecule has 0 amide bonds. The number of nitrogens with two attached hydrogens (primary N) is 1. The topological polar surface area (TPSA) is 38.0 Å². The van der Waals surface area contributed by atoms with Gasteiger partial charge in [0.25, 0.3) is 0 Å². The standard InChI is InChI=1S/C5H14N2.C2H6/c1-7-5-3-2-4-6;1-2/h7H,2-6H2,1H3;1-2H3. The molecule has 0 rings (SSSR count). The Morgan fingerprint density at radius 3 is 2.11 bits per heavy atom. The fraction of sp³-hybridized carbons (Fsp3) is 1.00. The predicted octanol–water partition coefficient (Wildman–Crippen LogP) is 0.971. The summed E-state index contributed by atoms with van der Waals surface area (Å²) in [5.74, 6) is 0. The molecular weight excluding hydrogens is 112 g/mol. The van der Waals surface area contributed by atoms with Crippen molar-refractivity contribution in [3.63, 3.8) is 0 Å². The van der Waals surface area contributed by atoms with Crippen molar-refractivity contribution in [3.05, 3.63) is 0 Å². The Morgan fingerprint density at radius 1 is 1.22 bits per heavy atom. The van der Waals surface area contributed by atoms with Gasteiger partial charge in [-0.05, 0) is 33.0 Å². The average Bonchev–Trinajstić information content (AvgIpc) is 1.94. The molecule has 0 aromatic rings. The maximum absolute atomic E-state index is 5.24. The Kier molecular flexibility index (Phi) is 20.3. The molecule has 0 saturated carbocycles. The molecule has 9 heavy (non-hydrogen) atoms. The largest absolute Gasteiger partial charge is 0.330 e. The molecule has 2 nitrogen and oxygen atoms in total. The second-order valence-electron chi connectivity index (χ2n) is 1.60. The zero-order valence-corrected chi connectivity index (χ0v) is 6.91. The average molecular weight is 132 g/mol. The number of rotatable bonds is 4. The molecule has 0 aliphatic heterocycles. The van der Waals surface area contributed by atoms with Gasteiger partial charge < -0.3 is 11.1 Å². The van der Waals surface area contributed by atoms with Crippen LogP contribution in [0.2, 0.25) is 0 Å². The SMILES string of the molecule is CC.CNCCCCN. The Bertz CT molecular complexity index is 26.1. The smallest absolute Gasteiger partial charge is 0.00515 e. The highest BCUT2D eigenvalue weighted by Gasteiger charge is 1.78. The maximum atomic E-state index is 5.24. The van der Waals surface area contributed by atoms with Crippen molar-refractivity contribution in [1.82, 2.24) is 5.32 Å². The van der Waals surface area contributed by atoms with E-state index >= 15 is 0 Å². The fourth-order valence-corrected chi connectivity index (χ4v) is 0.446. The van der Waals surface area contributed by atoms with Gasteiger partial charge in [-0.25, -0.2) is 0 Å². The van der Waals surface area contributed by atoms with Gasteiger partial charge in [-0.2, -0.15) is 0 Å². The minimum Gasteiger partial charge on any atom is -0.330 e. The third-order valence-corrected chi connectivity index (χ3v) is 0.881. The molecule has 0 bridgehead atoms. The van der Waals surface area contributed by atoms with Crippen LogP contribution in [0.3, 0.4) is 0 Å². The molecule has 0 fully saturated rings. The van der Waals surface area contributed by atoms with Crippen molar-refractivity contribution in [2.45, 2.75) is 26.7 Å². The Morgan fingerprint density at radius 2 is 1.78 bits per heavy atom. The third kappa shape index (κ3) is 18.1. The first kappa shape index (κ1) is 11.7. The second kappa shape index (κ2) is 15.7. The van der Waals surface area contributed by atoms with Crippen LogP contribution in [0, 0.1) is 0 Å². The van der Waals surface area contributed by atoms with Crippen LogP contribution in [0.15, 0.2) is 0 Å². The number of hydrogen-bond donors (Lipinski definition) is 2. The molecule has 0 unspecified atom stereocenters. The molecule has 0 spiro atoms. The number of hydrogen-bond acceptors (Lipinski definition) is 2. The lowest BCUT2D eigenvalue weighted by molar-refractivity contribution is 0.684. The summed E-state index contributed by atoms with van der Waals surface area (Å²) in [4.78, 5) is 0. The van der Waals surface area contributed by atoms with Crippen molar-refractivity contribution in [2.24, 2.45) is 5.73 Å². The summed E-state index contributed by atoms with van der Waals surface area (Å²) in [7, 11) is 1.95. The van der Waals surface area contributed by atoms with Gasteiger partial charge in [-0.1, -0.05) is 13.8 Å². The molecule has 0 radical (unpaired) electrons. The lowest BCUT2D eigenvalue weighted by Gasteiger charge is -1.93. The van der Waals surface area contributed by atoms with Gasteiger partial charge in [0.05, 0.1) is 0 Å². The summed E-state index contributed by atoms with van der Waals surface area (Å²) < 4.78 is 0. The van der Waals surface area contributed by atoms with E-state index in [-0.39, 0.29) is 0 Å². The fourth-order valence-electron chi connectivity index (χ4n) is 0.446. The van der Waals surface area contributed by atoms with Gasteiger partial charge in [0.2, 0.25) is 0 Å². The Balaban J connectivity index is 0. The molecule has 0 saturated heterocycles. The lowest BCUT2D eigenvalue weighted by atomic mass is 10.3. The van der Waals surface area contributed by atoms with E-state index < -0.39 is 0 Å². The van der Waals surface area contributed by atoms with Gasteiger partial charge in [0.15, 0.2) is 0 Å². The molecule has 0 aromatic heterocycles. The third-order valence-electron chi connectivity index (χ3n) is 0.881. The van der Waals surface area contributed by atoms with E-state index in [0.717, 1.165) is 19.5 Å². The summed E-state index contributed by atoms with van der Waals surface area (Å²) in [6.45, 7) is 5.92. The van der Waals surface area contributed by atoms with Crippen LogP contribution in [0.5, 0.6) is 0 Å². The van der Waals surface area contributed by atoms with Crippen LogP contribution in [-0.2, 0) is 0 Å². The predicted molar refractivity (Wildman–Crippen MR) is 43.6 cm³/mol. The Hall–Kier alpha value is -0.0800. The van der Waals surface area contributed by atoms with Crippen LogP contribution in [0.4, 0.5) is 0 Å². The summed E-state index contributed by atoms with van der Waals surface area (Å²) in [6.07, 6.45) is 2.34. The first-order valence-corrected chi connectivity index (χ1v) is 3.76. The molecule has 0 aliphatic carbocycles. The normalized spacial score (nSPS) is 8.00. The van der Waals surface area contributed by atoms with Crippen LogP contribution in [0.25, 0.3) is 0 Å². The molecule has 2 heteroatoms. The van der Waals surface area contributed by atoms with Crippen LogP contribution < -0.4 is 11.1 Å². The molecule has 0 heterocycles. The van der Waals surface area contributed by atoms with E-state index in [4.69, 9.17) is 5.73 Å².